The maximum Gasteiger partial charge on any atom is 0.342 e. The van der Waals surface area contributed by atoms with Crippen LogP contribution in [0.2, 0.25) is 0 Å². The third-order valence-corrected chi connectivity index (χ3v) is 4.81. The number of carbonyl (C=O) groups excluding carboxylic acids is 3. The van der Waals surface area contributed by atoms with Crippen molar-refractivity contribution in [1.29, 1.82) is 0 Å². The molecule has 0 saturated heterocycles. The number of amides is 2. The number of nitrogens with zero attached hydrogens (tertiary/aromatic N) is 1. The van der Waals surface area contributed by atoms with Crippen LogP contribution in [-0.4, -0.2) is 30.9 Å². The minimum Gasteiger partial charge on any atom is -0.488 e. The van der Waals surface area contributed by atoms with Gasteiger partial charge < -0.3 is 14.8 Å². The van der Waals surface area contributed by atoms with E-state index in [9.17, 15) is 18.8 Å². The second kappa shape index (κ2) is 9.30. The number of esters is 1. The number of ether oxygens (including phenoxy) is 2. The first-order chi connectivity index (χ1) is 15.5. The average molecular weight is 434 g/mol. The van der Waals surface area contributed by atoms with Crippen LogP contribution < -0.4 is 15.0 Å². The van der Waals surface area contributed by atoms with E-state index in [1.54, 1.807) is 54.6 Å². The smallest absolute Gasteiger partial charge is 0.342 e. The molecular weight excluding hydrogens is 415 g/mol. The Labute approximate surface area is 183 Å². The summed E-state index contributed by atoms with van der Waals surface area (Å²) in [5.41, 5.74) is 1.94. The summed E-state index contributed by atoms with van der Waals surface area (Å²) in [4.78, 5) is 38.5. The normalized spacial score (nSPS) is 12.5. The lowest BCUT2D eigenvalue weighted by molar-refractivity contribution is -0.124. The van der Waals surface area contributed by atoms with E-state index in [1.165, 1.54) is 23.1 Å². The number of hydrogen-bond donors (Lipinski definition) is 1. The van der Waals surface area contributed by atoms with Crippen LogP contribution >= 0.6 is 0 Å². The summed E-state index contributed by atoms with van der Waals surface area (Å²) >= 11 is 0. The predicted octanol–water partition coefficient (Wildman–Crippen LogP) is 3.55. The predicted molar refractivity (Wildman–Crippen MR) is 115 cm³/mol. The first-order valence-corrected chi connectivity index (χ1v) is 9.84. The molecule has 0 atom stereocenters. The van der Waals surface area contributed by atoms with Gasteiger partial charge in [-0.3, -0.25) is 14.5 Å². The van der Waals surface area contributed by atoms with Crippen molar-refractivity contribution < 1.29 is 28.2 Å². The number of nitrogens with one attached hydrogen (secondary N) is 1. The number of rotatable bonds is 6. The Bertz CT molecular complexity index is 1160. The molecule has 3 aromatic rings. The van der Waals surface area contributed by atoms with Crippen LogP contribution in [0.25, 0.3) is 0 Å². The van der Waals surface area contributed by atoms with Gasteiger partial charge in [0, 0.05) is 0 Å². The fourth-order valence-corrected chi connectivity index (χ4v) is 3.24. The highest BCUT2D eigenvalue weighted by Gasteiger charge is 2.27. The molecule has 1 heterocycles. The zero-order valence-electron chi connectivity index (χ0n) is 16.9. The van der Waals surface area contributed by atoms with E-state index >= 15 is 0 Å². The molecule has 162 valence electrons. The van der Waals surface area contributed by atoms with E-state index in [4.69, 9.17) is 9.47 Å². The molecule has 0 bridgehead atoms. The van der Waals surface area contributed by atoms with Gasteiger partial charge in [0.15, 0.2) is 6.61 Å². The molecule has 0 spiro atoms. The van der Waals surface area contributed by atoms with Crippen LogP contribution in [0.4, 0.5) is 15.8 Å². The van der Waals surface area contributed by atoms with Crippen molar-refractivity contribution in [3.05, 3.63) is 89.7 Å². The molecule has 1 aliphatic heterocycles. The Morgan fingerprint density at radius 3 is 2.50 bits per heavy atom. The lowest BCUT2D eigenvalue weighted by Crippen LogP contribution is -2.44. The molecule has 0 fully saturated rings. The van der Waals surface area contributed by atoms with Gasteiger partial charge >= 0.3 is 5.97 Å². The fraction of sp³-hybridized carbons (Fsp3) is 0.125. The van der Waals surface area contributed by atoms with Crippen molar-refractivity contribution in [2.75, 3.05) is 23.4 Å². The SMILES string of the molecule is O=C1CN(C(=O)COC(=O)c2ccccc2OCc2ccc(F)cc2)c2ccccc2N1. The molecule has 1 N–H and O–H groups in total. The summed E-state index contributed by atoms with van der Waals surface area (Å²) < 4.78 is 24.0. The quantitative estimate of drug-likeness (QED) is 0.600. The summed E-state index contributed by atoms with van der Waals surface area (Å²) in [6.45, 7) is -0.569. The molecule has 0 aromatic heterocycles. The lowest BCUT2D eigenvalue weighted by Gasteiger charge is -2.28. The second-order valence-corrected chi connectivity index (χ2v) is 7.03. The van der Waals surface area contributed by atoms with Gasteiger partial charge in [0.25, 0.3) is 5.91 Å². The third-order valence-electron chi connectivity index (χ3n) is 4.81. The van der Waals surface area contributed by atoms with Gasteiger partial charge in [-0.1, -0.05) is 36.4 Å². The molecule has 3 aromatic carbocycles. The van der Waals surface area contributed by atoms with Gasteiger partial charge in [-0.15, -0.1) is 0 Å². The monoisotopic (exact) mass is 434 g/mol. The summed E-state index contributed by atoms with van der Waals surface area (Å²) in [6.07, 6.45) is 0. The highest BCUT2D eigenvalue weighted by molar-refractivity contribution is 6.10. The number of fused-ring (bicyclic) bond motifs is 1. The van der Waals surface area contributed by atoms with Crippen molar-refractivity contribution in [3.63, 3.8) is 0 Å². The van der Waals surface area contributed by atoms with E-state index in [0.29, 0.717) is 11.4 Å². The summed E-state index contributed by atoms with van der Waals surface area (Å²) in [5.74, 6) is -1.66. The first-order valence-electron chi connectivity index (χ1n) is 9.84. The molecule has 0 radical (unpaired) electrons. The molecular formula is C24H19FN2O5. The van der Waals surface area contributed by atoms with E-state index in [2.05, 4.69) is 5.32 Å². The van der Waals surface area contributed by atoms with Crippen molar-refractivity contribution in [2.45, 2.75) is 6.61 Å². The van der Waals surface area contributed by atoms with Gasteiger partial charge in [-0.05, 0) is 42.0 Å². The zero-order chi connectivity index (χ0) is 22.5. The van der Waals surface area contributed by atoms with Crippen molar-refractivity contribution in [3.8, 4) is 5.75 Å². The van der Waals surface area contributed by atoms with Crippen molar-refractivity contribution in [2.24, 2.45) is 0 Å². The Morgan fingerprint density at radius 1 is 0.969 bits per heavy atom. The number of halogens is 1. The highest BCUT2D eigenvalue weighted by Crippen LogP contribution is 2.29. The minimum absolute atomic E-state index is 0.128. The molecule has 0 unspecified atom stereocenters. The average Bonchev–Trinajstić information content (AvgIpc) is 2.81. The van der Waals surface area contributed by atoms with Crippen molar-refractivity contribution in [1.82, 2.24) is 0 Å². The van der Waals surface area contributed by atoms with Crippen LogP contribution in [0.5, 0.6) is 5.75 Å². The topological polar surface area (TPSA) is 84.9 Å². The lowest BCUT2D eigenvalue weighted by atomic mass is 10.2. The Morgan fingerprint density at radius 2 is 1.69 bits per heavy atom. The van der Waals surface area contributed by atoms with Crippen LogP contribution in [0.1, 0.15) is 15.9 Å². The van der Waals surface area contributed by atoms with Crippen molar-refractivity contribution >= 4 is 29.2 Å². The second-order valence-electron chi connectivity index (χ2n) is 7.03. The van der Waals surface area contributed by atoms with Gasteiger partial charge in [0.1, 0.15) is 30.3 Å². The number of carbonyl (C=O) groups is 3. The molecule has 0 saturated carbocycles. The molecule has 32 heavy (non-hydrogen) atoms. The van der Waals surface area contributed by atoms with Crippen LogP contribution in [0.15, 0.2) is 72.8 Å². The van der Waals surface area contributed by atoms with Gasteiger partial charge in [0.2, 0.25) is 5.91 Å². The summed E-state index contributed by atoms with van der Waals surface area (Å²) in [6, 6.07) is 19.2. The van der Waals surface area contributed by atoms with Crippen LogP contribution in [-0.2, 0) is 20.9 Å². The Kier molecular flexibility index (Phi) is 6.12. The number of para-hydroxylation sites is 3. The number of benzene rings is 3. The largest absolute Gasteiger partial charge is 0.488 e. The standard InChI is InChI=1S/C24H19FN2O5/c25-17-11-9-16(10-12-17)14-31-21-8-4-1-5-18(21)24(30)32-15-23(29)27-13-22(28)26-19-6-2-3-7-20(19)27/h1-12H,13-15H2,(H,26,28). The Balaban J connectivity index is 1.41. The van der Waals surface area contributed by atoms with Gasteiger partial charge in [0.05, 0.1) is 11.4 Å². The minimum atomic E-state index is -0.734. The van der Waals surface area contributed by atoms with E-state index in [-0.39, 0.29) is 36.2 Å². The third kappa shape index (κ3) is 4.75. The summed E-state index contributed by atoms with van der Waals surface area (Å²) in [5, 5.41) is 2.70. The Hall–Kier alpha value is -4.20. The fourth-order valence-electron chi connectivity index (χ4n) is 3.24. The van der Waals surface area contributed by atoms with Crippen LogP contribution in [0.3, 0.4) is 0 Å². The van der Waals surface area contributed by atoms with Crippen LogP contribution in [0, 0.1) is 5.82 Å². The molecule has 7 nitrogen and oxygen atoms in total. The van der Waals surface area contributed by atoms with E-state index in [1.807, 2.05) is 0 Å². The first kappa shape index (κ1) is 21.0. The highest BCUT2D eigenvalue weighted by atomic mass is 19.1. The number of hydrogen-bond acceptors (Lipinski definition) is 5. The van der Waals surface area contributed by atoms with E-state index < -0.39 is 18.5 Å². The molecule has 1 aliphatic rings. The summed E-state index contributed by atoms with van der Waals surface area (Å²) in [7, 11) is 0. The van der Waals surface area contributed by atoms with Gasteiger partial charge in [-0.25, -0.2) is 9.18 Å². The van der Waals surface area contributed by atoms with Gasteiger partial charge in [-0.2, -0.15) is 0 Å². The maximum absolute atomic E-state index is 13.1. The maximum atomic E-state index is 13.1. The zero-order valence-corrected chi connectivity index (χ0v) is 16.9. The molecule has 8 heteroatoms. The van der Waals surface area contributed by atoms with E-state index in [0.717, 1.165) is 5.56 Å². The molecule has 2 amide bonds. The molecule has 0 aliphatic carbocycles. The molecule has 4 rings (SSSR count). The number of anilines is 2.